The summed E-state index contributed by atoms with van der Waals surface area (Å²) in [6.07, 6.45) is 0.969. The first-order chi connectivity index (χ1) is 14.1. The summed E-state index contributed by atoms with van der Waals surface area (Å²) in [5.74, 6) is -0.604. The Balaban J connectivity index is 1.79. The average molecular weight is 474 g/mol. The lowest BCUT2D eigenvalue weighted by atomic mass is 10.1. The second kappa shape index (κ2) is 8.90. The Hall–Kier alpha value is -2.18. The minimum absolute atomic E-state index is 0.0259. The summed E-state index contributed by atoms with van der Waals surface area (Å²) < 4.78 is 57.2. The van der Waals surface area contributed by atoms with E-state index in [9.17, 15) is 21.6 Å². The number of carbonyl (C=O) groups excluding carboxylic acids is 1. The predicted octanol–water partition coefficient (Wildman–Crippen LogP) is 1.98. The monoisotopic (exact) mass is 473 g/mol. The zero-order valence-corrected chi connectivity index (χ0v) is 18.3. The first kappa shape index (κ1) is 22.5. The maximum atomic E-state index is 12.7. The van der Waals surface area contributed by atoms with Crippen molar-refractivity contribution in [1.82, 2.24) is 4.31 Å². The Bertz CT molecular complexity index is 1140. The van der Waals surface area contributed by atoms with Gasteiger partial charge in [-0.05, 0) is 42.5 Å². The number of anilines is 2. The molecule has 30 heavy (non-hydrogen) atoms. The average Bonchev–Trinajstić information content (AvgIpc) is 2.69. The van der Waals surface area contributed by atoms with Gasteiger partial charge in [0.25, 0.3) is 5.91 Å². The van der Waals surface area contributed by atoms with Crippen LogP contribution in [0.5, 0.6) is 0 Å². The van der Waals surface area contributed by atoms with Gasteiger partial charge in [-0.1, -0.05) is 11.6 Å². The fourth-order valence-corrected chi connectivity index (χ4v) is 5.00. The number of halogens is 1. The molecule has 0 unspecified atom stereocenters. The Morgan fingerprint density at radius 1 is 1.03 bits per heavy atom. The molecule has 1 aliphatic heterocycles. The van der Waals surface area contributed by atoms with Crippen LogP contribution < -0.4 is 10.0 Å². The molecule has 2 aromatic rings. The molecule has 1 saturated heterocycles. The van der Waals surface area contributed by atoms with Crippen LogP contribution in [0.2, 0.25) is 5.02 Å². The van der Waals surface area contributed by atoms with Crippen molar-refractivity contribution in [3.63, 3.8) is 0 Å². The van der Waals surface area contributed by atoms with Gasteiger partial charge in [0.1, 0.15) is 0 Å². The van der Waals surface area contributed by atoms with E-state index in [4.69, 9.17) is 16.3 Å². The van der Waals surface area contributed by atoms with Crippen LogP contribution in [0.25, 0.3) is 0 Å². The molecule has 2 aromatic carbocycles. The third-order valence-corrected chi connectivity index (χ3v) is 6.98. The highest BCUT2D eigenvalue weighted by Gasteiger charge is 2.26. The Morgan fingerprint density at radius 3 is 2.27 bits per heavy atom. The molecular formula is C18H20ClN3O6S2. The van der Waals surface area contributed by atoms with Crippen LogP contribution in [-0.4, -0.2) is 59.6 Å². The minimum atomic E-state index is -3.65. The van der Waals surface area contributed by atoms with E-state index in [1.54, 1.807) is 0 Å². The molecular weight excluding hydrogens is 454 g/mol. The summed E-state index contributed by atoms with van der Waals surface area (Å²) in [6.45, 7) is 1.26. The number of carbonyl (C=O) groups is 1. The number of amides is 1. The first-order valence-electron chi connectivity index (χ1n) is 8.83. The molecule has 1 heterocycles. The van der Waals surface area contributed by atoms with Gasteiger partial charge in [-0.3, -0.25) is 9.52 Å². The topological polar surface area (TPSA) is 122 Å². The van der Waals surface area contributed by atoms with Gasteiger partial charge in [0.2, 0.25) is 20.0 Å². The molecule has 0 radical (unpaired) electrons. The zero-order chi connectivity index (χ0) is 21.9. The molecule has 0 aliphatic carbocycles. The SMILES string of the molecule is CS(=O)(=O)Nc1ccc(Cl)cc1C(=O)Nc1ccc(S(=O)(=O)N2CCOCC2)cc1. The van der Waals surface area contributed by atoms with E-state index in [0.29, 0.717) is 18.9 Å². The van der Waals surface area contributed by atoms with E-state index in [1.807, 2.05) is 0 Å². The summed E-state index contributed by atoms with van der Waals surface area (Å²) in [6, 6.07) is 9.88. The maximum Gasteiger partial charge on any atom is 0.257 e. The van der Waals surface area contributed by atoms with Crippen molar-refractivity contribution in [1.29, 1.82) is 0 Å². The molecule has 1 amide bonds. The largest absolute Gasteiger partial charge is 0.379 e. The number of rotatable bonds is 6. The molecule has 3 rings (SSSR count). The number of hydrogen-bond acceptors (Lipinski definition) is 6. The quantitative estimate of drug-likeness (QED) is 0.661. The number of morpholine rings is 1. The summed E-state index contributed by atoms with van der Waals surface area (Å²) in [7, 11) is -7.25. The van der Waals surface area contributed by atoms with Crippen LogP contribution in [0.1, 0.15) is 10.4 Å². The van der Waals surface area contributed by atoms with Gasteiger partial charge in [-0.15, -0.1) is 0 Å². The summed E-state index contributed by atoms with van der Waals surface area (Å²) in [4.78, 5) is 12.8. The number of benzene rings is 2. The fraction of sp³-hybridized carbons (Fsp3) is 0.278. The minimum Gasteiger partial charge on any atom is -0.379 e. The molecule has 0 bridgehead atoms. The predicted molar refractivity (Wildman–Crippen MR) is 114 cm³/mol. The van der Waals surface area contributed by atoms with E-state index in [-0.39, 0.29) is 34.3 Å². The molecule has 0 aromatic heterocycles. The van der Waals surface area contributed by atoms with E-state index in [2.05, 4.69) is 10.0 Å². The lowest BCUT2D eigenvalue weighted by molar-refractivity contribution is 0.0730. The summed E-state index contributed by atoms with van der Waals surface area (Å²) in [5, 5.41) is 2.86. The van der Waals surface area contributed by atoms with Gasteiger partial charge < -0.3 is 10.1 Å². The van der Waals surface area contributed by atoms with Crippen LogP contribution in [0.3, 0.4) is 0 Å². The Morgan fingerprint density at radius 2 is 1.67 bits per heavy atom. The normalized spacial score (nSPS) is 15.5. The van der Waals surface area contributed by atoms with Crippen LogP contribution >= 0.6 is 11.6 Å². The Kier molecular flexibility index (Phi) is 6.68. The van der Waals surface area contributed by atoms with E-state index in [1.165, 1.54) is 46.8 Å². The van der Waals surface area contributed by atoms with Gasteiger partial charge >= 0.3 is 0 Å². The number of ether oxygens (including phenoxy) is 1. The van der Waals surface area contributed by atoms with Crippen molar-refractivity contribution in [3.8, 4) is 0 Å². The van der Waals surface area contributed by atoms with E-state index >= 15 is 0 Å². The molecule has 9 nitrogen and oxygen atoms in total. The number of nitrogens with zero attached hydrogens (tertiary/aromatic N) is 1. The van der Waals surface area contributed by atoms with Gasteiger partial charge in [-0.2, -0.15) is 4.31 Å². The number of nitrogens with one attached hydrogen (secondary N) is 2. The number of hydrogen-bond donors (Lipinski definition) is 2. The van der Waals surface area contributed by atoms with E-state index < -0.39 is 26.0 Å². The molecule has 0 spiro atoms. The molecule has 0 atom stereocenters. The lowest BCUT2D eigenvalue weighted by Gasteiger charge is -2.26. The van der Waals surface area contributed by atoms with Crippen molar-refractivity contribution < 1.29 is 26.4 Å². The molecule has 2 N–H and O–H groups in total. The van der Waals surface area contributed by atoms with Gasteiger partial charge in [0.15, 0.2) is 0 Å². The second-order valence-corrected chi connectivity index (χ2v) is 10.7. The van der Waals surface area contributed by atoms with Crippen LogP contribution in [0, 0.1) is 0 Å². The molecule has 162 valence electrons. The molecule has 0 saturated carbocycles. The van der Waals surface area contributed by atoms with Crippen molar-refractivity contribution >= 4 is 48.9 Å². The molecule has 1 fully saturated rings. The molecule has 1 aliphatic rings. The standard InChI is InChI=1S/C18H20ClN3O6S2/c1-29(24,25)21-17-7-2-13(19)12-16(17)18(23)20-14-3-5-15(6-4-14)30(26,27)22-8-10-28-11-9-22/h2-7,12,21H,8-11H2,1H3,(H,20,23). The lowest BCUT2D eigenvalue weighted by Crippen LogP contribution is -2.40. The Labute approximate surface area is 180 Å². The van der Waals surface area contributed by atoms with Gasteiger partial charge in [0.05, 0.1) is 35.6 Å². The third kappa shape index (κ3) is 5.49. The number of sulfonamides is 2. The highest BCUT2D eigenvalue weighted by molar-refractivity contribution is 7.92. The van der Waals surface area contributed by atoms with E-state index in [0.717, 1.165) is 6.26 Å². The fourth-order valence-electron chi connectivity index (χ4n) is 2.84. The van der Waals surface area contributed by atoms with Gasteiger partial charge in [-0.25, -0.2) is 16.8 Å². The second-order valence-electron chi connectivity index (χ2n) is 6.56. The van der Waals surface area contributed by atoms with Crippen molar-refractivity contribution in [2.75, 3.05) is 42.6 Å². The smallest absolute Gasteiger partial charge is 0.257 e. The van der Waals surface area contributed by atoms with Gasteiger partial charge in [0, 0.05) is 23.8 Å². The maximum absolute atomic E-state index is 12.7. The zero-order valence-electron chi connectivity index (χ0n) is 16.0. The summed E-state index contributed by atoms with van der Waals surface area (Å²) >= 11 is 5.94. The van der Waals surface area contributed by atoms with Crippen LogP contribution in [0.4, 0.5) is 11.4 Å². The molecule has 12 heteroatoms. The van der Waals surface area contributed by atoms with Crippen LogP contribution in [0.15, 0.2) is 47.4 Å². The highest BCUT2D eigenvalue weighted by Crippen LogP contribution is 2.24. The van der Waals surface area contributed by atoms with Crippen molar-refractivity contribution in [3.05, 3.63) is 53.1 Å². The van der Waals surface area contributed by atoms with Crippen molar-refractivity contribution in [2.24, 2.45) is 0 Å². The van der Waals surface area contributed by atoms with Crippen molar-refractivity contribution in [2.45, 2.75) is 4.90 Å². The first-order valence-corrected chi connectivity index (χ1v) is 12.5. The highest BCUT2D eigenvalue weighted by atomic mass is 35.5. The summed E-state index contributed by atoms with van der Waals surface area (Å²) in [5.41, 5.74) is 0.440. The van der Waals surface area contributed by atoms with Crippen LogP contribution in [-0.2, 0) is 24.8 Å². The third-order valence-electron chi connectivity index (χ3n) is 4.24.